The van der Waals surface area contributed by atoms with Gasteiger partial charge >= 0.3 is 5.97 Å². The summed E-state index contributed by atoms with van der Waals surface area (Å²) in [5.41, 5.74) is 0.571. The van der Waals surface area contributed by atoms with Gasteiger partial charge < -0.3 is 9.47 Å². The number of fused-ring (bicyclic) bond motifs is 1. The number of ether oxygens (including phenoxy) is 2. The van der Waals surface area contributed by atoms with Crippen molar-refractivity contribution in [3.8, 4) is 11.6 Å². The van der Waals surface area contributed by atoms with Crippen LogP contribution in [0.4, 0.5) is 0 Å². The van der Waals surface area contributed by atoms with Crippen LogP contribution in [0.25, 0.3) is 10.9 Å². The van der Waals surface area contributed by atoms with Crippen LogP contribution in [0.3, 0.4) is 0 Å². The lowest BCUT2D eigenvalue weighted by atomic mass is 10.2. The smallest absolute Gasteiger partial charge is 0.376 e. The van der Waals surface area contributed by atoms with E-state index in [-0.39, 0.29) is 18.3 Å². The predicted molar refractivity (Wildman–Crippen MR) is 97.4 cm³/mol. The highest BCUT2D eigenvalue weighted by Crippen LogP contribution is 2.34. The quantitative estimate of drug-likeness (QED) is 0.515. The molecule has 3 rings (SSSR count). The maximum atomic E-state index is 12.0. The summed E-state index contributed by atoms with van der Waals surface area (Å²) in [4.78, 5) is 20.6. The van der Waals surface area contributed by atoms with E-state index in [1.54, 1.807) is 6.92 Å². The SMILES string of the molecule is CCOC(=O)c1nc(Oc2ccccc2)c2cc(Br)cc(Br)c2n1. The highest BCUT2D eigenvalue weighted by Gasteiger charge is 2.18. The third-order valence-corrected chi connectivity index (χ3v) is 4.16. The number of carbonyl (C=O) groups is 1. The Morgan fingerprint density at radius 3 is 2.58 bits per heavy atom. The molecule has 0 N–H and O–H groups in total. The van der Waals surface area contributed by atoms with Crippen molar-refractivity contribution in [3.05, 3.63) is 57.2 Å². The standard InChI is InChI=1S/C17H12Br2N2O3/c1-2-23-17(22)15-20-14-12(8-10(18)9-13(14)19)16(21-15)24-11-6-4-3-5-7-11/h3-9H,2H2,1H3. The van der Waals surface area contributed by atoms with Crippen LogP contribution in [0.15, 0.2) is 51.4 Å². The Morgan fingerprint density at radius 1 is 1.12 bits per heavy atom. The Kier molecular flexibility index (Phi) is 5.11. The molecule has 5 nitrogen and oxygen atoms in total. The lowest BCUT2D eigenvalue weighted by Crippen LogP contribution is -2.10. The molecule has 1 heterocycles. The minimum Gasteiger partial charge on any atom is -0.460 e. The lowest BCUT2D eigenvalue weighted by molar-refractivity contribution is 0.0511. The van der Waals surface area contributed by atoms with E-state index in [1.807, 2.05) is 42.5 Å². The van der Waals surface area contributed by atoms with Crippen LogP contribution in [0.2, 0.25) is 0 Å². The Labute approximate surface area is 155 Å². The second-order valence-electron chi connectivity index (χ2n) is 4.77. The van der Waals surface area contributed by atoms with E-state index >= 15 is 0 Å². The molecule has 0 saturated carbocycles. The van der Waals surface area contributed by atoms with Crippen LogP contribution in [0.1, 0.15) is 17.5 Å². The Morgan fingerprint density at radius 2 is 1.88 bits per heavy atom. The summed E-state index contributed by atoms with van der Waals surface area (Å²) >= 11 is 6.90. The molecule has 0 aliphatic heterocycles. The number of benzene rings is 2. The minimum absolute atomic E-state index is 0.0432. The van der Waals surface area contributed by atoms with E-state index in [0.29, 0.717) is 16.7 Å². The third kappa shape index (κ3) is 3.57. The van der Waals surface area contributed by atoms with Crippen LogP contribution in [0, 0.1) is 0 Å². The van der Waals surface area contributed by atoms with Gasteiger partial charge in [0.15, 0.2) is 0 Å². The van der Waals surface area contributed by atoms with Gasteiger partial charge in [0.05, 0.1) is 17.5 Å². The third-order valence-electron chi connectivity index (χ3n) is 3.10. The molecule has 2 aromatic carbocycles. The largest absolute Gasteiger partial charge is 0.460 e. The molecule has 122 valence electrons. The van der Waals surface area contributed by atoms with E-state index in [2.05, 4.69) is 41.8 Å². The zero-order valence-electron chi connectivity index (χ0n) is 12.6. The van der Waals surface area contributed by atoms with Crippen molar-refractivity contribution in [2.45, 2.75) is 6.92 Å². The average Bonchev–Trinajstić information content (AvgIpc) is 2.56. The fourth-order valence-corrected chi connectivity index (χ4v) is 3.41. The molecule has 0 aliphatic rings. The molecule has 0 atom stereocenters. The summed E-state index contributed by atoms with van der Waals surface area (Å²) in [5.74, 6) is 0.269. The number of halogens is 2. The van der Waals surface area contributed by atoms with Crippen LogP contribution >= 0.6 is 31.9 Å². The van der Waals surface area contributed by atoms with Gasteiger partial charge in [0.1, 0.15) is 5.75 Å². The van der Waals surface area contributed by atoms with Crippen molar-refractivity contribution < 1.29 is 14.3 Å². The molecule has 0 aliphatic carbocycles. The average molecular weight is 452 g/mol. The molecule has 3 aromatic rings. The van der Waals surface area contributed by atoms with Gasteiger partial charge in [-0.3, -0.25) is 0 Å². The maximum absolute atomic E-state index is 12.0. The van der Waals surface area contributed by atoms with Gasteiger partial charge in [0.2, 0.25) is 11.7 Å². The van der Waals surface area contributed by atoms with E-state index in [4.69, 9.17) is 9.47 Å². The zero-order valence-corrected chi connectivity index (χ0v) is 15.8. The molecular formula is C17H12Br2N2O3. The highest BCUT2D eigenvalue weighted by molar-refractivity contribution is 9.11. The molecule has 0 radical (unpaired) electrons. The van der Waals surface area contributed by atoms with Gasteiger partial charge in [-0.15, -0.1) is 0 Å². The number of para-hydroxylation sites is 1. The molecule has 0 unspecified atom stereocenters. The van der Waals surface area contributed by atoms with Gasteiger partial charge in [-0.1, -0.05) is 34.1 Å². The van der Waals surface area contributed by atoms with Crippen molar-refractivity contribution >= 4 is 48.7 Å². The number of esters is 1. The monoisotopic (exact) mass is 450 g/mol. The zero-order chi connectivity index (χ0) is 17.1. The molecule has 24 heavy (non-hydrogen) atoms. The van der Waals surface area contributed by atoms with Gasteiger partial charge in [-0.05, 0) is 47.1 Å². The molecule has 0 fully saturated rings. The first kappa shape index (κ1) is 16.9. The maximum Gasteiger partial charge on any atom is 0.376 e. The first-order valence-electron chi connectivity index (χ1n) is 7.15. The fraction of sp³-hybridized carbons (Fsp3) is 0.118. The van der Waals surface area contributed by atoms with E-state index in [0.717, 1.165) is 8.95 Å². The molecule has 0 bridgehead atoms. The van der Waals surface area contributed by atoms with Crippen LogP contribution in [0.5, 0.6) is 11.6 Å². The molecule has 1 aromatic heterocycles. The van der Waals surface area contributed by atoms with Crippen LogP contribution < -0.4 is 4.74 Å². The van der Waals surface area contributed by atoms with E-state index < -0.39 is 5.97 Å². The van der Waals surface area contributed by atoms with Crippen molar-refractivity contribution in [2.75, 3.05) is 6.61 Å². The number of nitrogens with zero attached hydrogens (tertiary/aromatic N) is 2. The summed E-state index contributed by atoms with van der Waals surface area (Å²) in [6.07, 6.45) is 0. The summed E-state index contributed by atoms with van der Waals surface area (Å²) in [5, 5.41) is 0.674. The number of aromatic nitrogens is 2. The van der Waals surface area contributed by atoms with Gasteiger partial charge in [-0.2, -0.15) is 4.98 Å². The van der Waals surface area contributed by atoms with Crippen molar-refractivity contribution in [1.82, 2.24) is 9.97 Å². The van der Waals surface area contributed by atoms with Crippen molar-refractivity contribution in [3.63, 3.8) is 0 Å². The predicted octanol–water partition coefficient (Wildman–Crippen LogP) is 5.12. The molecule has 0 saturated heterocycles. The second-order valence-corrected chi connectivity index (χ2v) is 6.54. The molecule has 7 heteroatoms. The van der Waals surface area contributed by atoms with Gasteiger partial charge in [0, 0.05) is 8.95 Å². The fourth-order valence-electron chi connectivity index (χ4n) is 2.09. The number of hydrogen-bond donors (Lipinski definition) is 0. The van der Waals surface area contributed by atoms with E-state index in [1.165, 1.54) is 0 Å². The Balaban J connectivity index is 2.18. The van der Waals surface area contributed by atoms with E-state index in [9.17, 15) is 4.79 Å². The molecule has 0 amide bonds. The molecular weight excluding hydrogens is 440 g/mol. The van der Waals surface area contributed by atoms with Gasteiger partial charge in [-0.25, -0.2) is 9.78 Å². The van der Waals surface area contributed by atoms with Crippen molar-refractivity contribution in [2.24, 2.45) is 0 Å². The summed E-state index contributed by atoms with van der Waals surface area (Å²) in [6.45, 7) is 1.98. The summed E-state index contributed by atoms with van der Waals surface area (Å²) in [6, 6.07) is 12.9. The van der Waals surface area contributed by atoms with Crippen LogP contribution in [-0.4, -0.2) is 22.5 Å². The topological polar surface area (TPSA) is 61.3 Å². The Hall–Kier alpha value is -1.99. The van der Waals surface area contributed by atoms with Crippen molar-refractivity contribution in [1.29, 1.82) is 0 Å². The minimum atomic E-state index is -0.591. The van der Waals surface area contributed by atoms with Gasteiger partial charge in [0.25, 0.3) is 0 Å². The normalized spacial score (nSPS) is 10.6. The summed E-state index contributed by atoms with van der Waals surface area (Å²) in [7, 11) is 0. The lowest BCUT2D eigenvalue weighted by Gasteiger charge is -2.11. The summed E-state index contributed by atoms with van der Waals surface area (Å²) < 4.78 is 12.4. The second kappa shape index (κ2) is 7.27. The molecule has 0 spiro atoms. The number of hydrogen-bond acceptors (Lipinski definition) is 5. The number of rotatable bonds is 4. The highest BCUT2D eigenvalue weighted by atomic mass is 79.9. The first-order chi connectivity index (χ1) is 11.6. The van der Waals surface area contributed by atoms with Crippen LogP contribution in [-0.2, 0) is 4.74 Å². The first-order valence-corrected chi connectivity index (χ1v) is 8.74. The number of carbonyl (C=O) groups excluding carboxylic acids is 1. The Bertz CT molecular complexity index is 901.